The first kappa shape index (κ1) is 20.7. The lowest BCUT2D eigenvalue weighted by Gasteiger charge is -2.34. The SMILES string of the molecule is CCNc1ccc(C2(c3ccc(NCC)cc3)c3ccccc3-c3ccc(Cl)cc32)cc1. The number of benzene rings is 4. The van der Waals surface area contributed by atoms with Gasteiger partial charge in [0.1, 0.15) is 0 Å². The Morgan fingerprint density at radius 1 is 0.625 bits per heavy atom. The molecule has 0 atom stereocenters. The van der Waals surface area contributed by atoms with Crippen LogP contribution in [-0.2, 0) is 5.41 Å². The van der Waals surface area contributed by atoms with E-state index in [2.05, 4.69) is 109 Å². The Morgan fingerprint density at radius 3 is 1.72 bits per heavy atom. The van der Waals surface area contributed by atoms with Gasteiger partial charge in [0, 0.05) is 29.5 Å². The number of hydrogen-bond acceptors (Lipinski definition) is 2. The topological polar surface area (TPSA) is 24.1 Å². The molecule has 1 aliphatic carbocycles. The van der Waals surface area contributed by atoms with Crippen molar-refractivity contribution in [3.05, 3.63) is 118 Å². The summed E-state index contributed by atoms with van der Waals surface area (Å²) in [5.41, 5.74) is 9.36. The van der Waals surface area contributed by atoms with Crippen LogP contribution in [0, 0.1) is 0 Å². The molecule has 5 rings (SSSR count). The second-order valence-corrected chi connectivity index (χ2v) is 8.64. The Labute approximate surface area is 195 Å². The van der Waals surface area contributed by atoms with Gasteiger partial charge in [0.25, 0.3) is 0 Å². The minimum absolute atomic E-state index is 0.424. The van der Waals surface area contributed by atoms with Crippen LogP contribution in [-0.4, -0.2) is 13.1 Å². The molecule has 0 amide bonds. The standard InChI is InChI=1S/C29H27ClN2/c1-3-31-23-14-9-20(10-15-23)29(21-11-16-24(17-12-21)32-4-2)27-8-6-5-7-25(27)26-18-13-22(30)19-28(26)29/h5-19,31-32H,3-4H2,1-2H3. The van der Waals surface area contributed by atoms with Crippen molar-refractivity contribution in [2.24, 2.45) is 0 Å². The van der Waals surface area contributed by atoms with Crippen molar-refractivity contribution in [2.45, 2.75) is 19.3 Å². The first-order valence-electron chi connectivity index (χ1n) is 11.3. The van der Waals surface area contributed by atoms with Gasteiger partial charge in [0.15, 0.2) is 0 Å². The molecule has 0 saturated heterocycles. The van der Waals surface area contributed by atoms with Gasteiger partial charge in [-0.1, -0.05) is 66.2 Å². The van der Waals surface area contributed by atoms with Gasteiger partial charge in [-0.2, -0.15) is 0 Å². The molecule has 0 aromatic heterocycles. The van der Waals surface area contributed by atoms with Crippen molar-refractivity contribution in [3.63, 3.8) is 0 Å². The quantitative estimate of drug-likeness (QED) is 0.285. The first-order chi connectivity index (χ1) is 15.7. The fraction of sp³-hybridized carbons (Fsp3) is 0.172. The lowest BCUT2D eigenvalue weighted by Crippen LogP contribution is -2.28. The molecule has 0 spiro atoms. The molecule has 0 fully saturated rings. The van der Waals surface area contributed by atoms with E-state index in [1.807, 2.05) is 6.07 Å². The van der Waals surface area contributed by atoms with E-state index in [1.165, 1.54) is 33.4 Å². The van der Waals surface area contributed by atoms with E-state index < -0.39 is 5.41 Å². The zero-order valence-electron chi connectivity index (χ0n) is 18.5. The fourth-order valence-electron chi connectivity index (χ4n) is 5.12. The Balaban J connectivity index is 1.82. The molecule has 4 aromatic carbocycles. The van der Waals surface area contributed by atoms with Crippen molar-refractivity contribution in [3.8, 4) is 11.1 Å². The molecule has 2 N–H and O–H groups in total. The molecule has 160 valence electrons. The summed E-state index contributed by atoms with van der Waals surface area (Å²) in [6.07, 6.45) is 0. The van der Waals surface area contributed by atoms with Crippen LogP contribution in [0.3, 0.4) is 0 Å². The molecule has 0 saturated carbocycles. The number of rotatable bonds is 6. The first-order valence-corrected chi connectivity index (χ1v) is 11.6. The van der Waals surface area contributed by atoms with Crippen molar-refractivity contribution in [2.75, 3.05) is 23.7 Å². The molecule has 0 unspecified atom stereocenters. The van der Waals surface area contributed by atoms with E-state index in [4.69, 9.17) is 11.6 Å². The van der Waals surface area contributed by atoms with Crippen LogP contribution < -0.4 is 10.6 Å². The molecule has 0 radical (unpaired) electrons. The summed E-state index contributed by atoms with van der Waals surface area (Å²) in [5, 5.41) is 7.59. The summed E-state index contributed by atoms with van der Waals surface area (Å²) in [6.45, 7) is 6.04. The molecule has 1 aliphatic rings. The number of halogens is 1. The Kier molecular flexibility index (Phi) is 5.40. The second-order valence-electron chi connectivity index (χ2n) is 8.20. The monoisotopic (exact) mass is 438 g/mol. The zero-order valence-corrected chi connectivity index (χ0v) is 19.2. The van der Waals surface area contributed by atoms with Gasteiger partial charge in [0.2, 0.25) is 0 Å². The van der Waals surface area contributed by atoms with Gasteiger partial charge in [-0.15, -0.1) is 0 Å². The van der Waals surface area contributed by atoms with Crippen LogP contribution in [0.1, 0.15) is 36.1 Å². The maximum Gasteiger partial charge on any atom is 0.0714 e. The summed E-state index contributed by atoms with van der Waals surface area (Å²) >= 11 is 6.58. The minimum Gasteiger partial charge on any atom is -0.385 e. The lowest BCUT2D eigenvalue weighted by molar-refractivity contribution is 0.768. The summed E-state index contributed by atoms with van der Waals surface area (Å²) < 4.78 is 0. The smallest absolute Gasteiger partial charge is 0.0714 e. The zero-order chi connectivity index (χ0) is 22.1. The van der Waals surface area contributed by atoms with Crippen LogP contribution in [0.5, 0.6) is 0 Å². The Hall–Kier alpha value is -3.23. The molecule has 2 nitrogen and oxygen atoms in total. The van der Waals surface area contributed by atoms with Crippen LogP contribution in [0.4, 0.5) is 11.4 Å². The third-order valence-corrected chi connectivity index (χ3v) is 6.64. The van der Waals surface area contributed by atoms with Gasteiger partial charge in [-0.25, -0.2) is 0 Å². The maximum atomic E-state index is 6.58. The second kappa shape index (κ2) is 8.37. The van der Waals surface area contributed by atoms with E-state index in [9.17, 15) is 0 Å². The predicted molar refractivity (Wildman–Crippen MR) is 137 cm³/mol. The predicted octanol–water partition coefficient (Wildman–Crippen LogP) is 7.57. The Morgan fingerprint density at radius 2 is 1.16 bits per heavy atom. The highest BCUT2D eigenvalue weighted by Crippen LogP contribution is 2.56. The van der Waals surface area contributed by atoms with Gasteiger partial charge in [-0.3, -0.25) is 0 Å². The van der Waals surface area contributed by atoms with Crippen LogP contribution >= 0.6 is 11.6 Å². The van der Waals surface area contributed by atoms with E-state index in [1.54, 1.807) is 0 Å². The van der Waals surface area contributed by atoms with Crippen LogP contribution in [0.25, 0.3) is 11.1 Å². The van der Waals surface area contributed by atoms with Gasteiger partial charge in [-0.05, 0) is 83.6 Å². The van der Waals surface area contributed by atoms with E-state index in [-0.39, 0.29) is 0 Å². The van der Waals surface area contributed by atoms with E-state index in [0.717, 1.165) is 29.5 Å². The minimum atomic E-state index is -0.424. The van der Waals surface area contributed by atoms with Gasteiger partial charge in [0.05, 0.1) is 5.41 Å². The molecule has 0 bridgehead atoms. The lowest BCUT2D eigenvalue weighted by atomic mass is 9.67. The molecule has 32 heavy (non-hydrogen) atoms. The van der Waals surface area contributed by atoms with E-state index in [0.29, 0.717) is 0 Å². The summed E-state index contributed by atoms with van der Waals surface area (Å²) in [6, 6.07) is 32.8. The summed E-state index contributed by atoms with van der Waals surface area (Å²) in [7, 11) is 0. The molecule has 3 heteroatoms. The number of hydrogen-bond donors (Lipinski definition) is 2. The van der Waals surface area contributed by atoms with Crippen molar-refractivity contribution in [1.82, 2.24) is 0 Å². The van der Waals surface area contributed by atoms with Crippen molar-refractivity contribution in [1.29, 1.82) is 0 Å². The van der Waals surface area contributed by atoms with E-state index >= 15 is 0 Å². The maximum absolute atomic E-state index is 6.58. The highest BCUT2D eigenvalue weighted by Gasteiger charge is 2.46. The third-order valence-electron chi connectivity index (χ3n) is 6.40. The number of fused-ring (bicyclic) bond motifs is 3. The summed E-state index contributed by atoms with van der Waals surface area (Å²) in [4.78, 5) is 0. The molecular formula is C29H27ClN2. The number of nitrogens with one attached hydrogen (secondary N) is 2. The van der Waals surface area contributed by atoms with Crippen LogP contribution in [0.15, 0.2) is 91.0 Å². The van der Waals surface area contributed by atoms with Crippen LogP contribution in [0.2, 0.25) is 5.02 Å². The Bertz CT molecular complexity index is 1190. The summed E-state index contributed by atoms with van der Waals surface area (Å²) in [5.74, 6) is 0. The molecule has 0 heterocycles. The molecule has 4 aromatic rings. The highest BCUT2D eigenvalue weighted by molar-refractivity contribution is 6.30. The fourth-order valence-corrected chi connectivity index (χ4v) is 5.30. The third kappa shape index (κ3) is 3.18. The number of anilines is 2. The molecule has 0 aliphatic heterocycles. The average Bonchev–Trinajstić information content (AvgIpc) is 3.11. The normalized spacial score (nSPS) is 13.3. The highest BCUT2D eigenvalue weighted by atomic mass is 35.5. The van der Waals surface area contributed by atoms with Gasteiger partial charge >= 0.3 is 0 Å². The average molecular weight is 439 g/mol. The van der Waals surface area contributed by atoms with Crippen molar-refractivity contribution >= 4 is 23.0 Å². The largest absolute Gasteiger partial charge is 0.385 e. The van der Waals surface area contributed by atoms with Gasteiger partial charge < -0.3 is 10.6 Å². The van der Waals surface area contributed by atoms with Crippen molar-refractivity contribution < 1.29 is 0 Å². The molecular weight excluding hydrogens is 412 g/mol.